The van der Waals surface area contributed by atoms with Crippen LogP contribution in [0.5, 0.6) is 0 Å². The molecule has 1 amide bonds. The van der Waals surface area contributed by atoms with Crippen LogP contribution in [-0.4, -0.2) is 46.4 Å². The summed E-state index contributed by atoms with van der Waals surface area (Å²) in [6.45, 7) is 0.126. The summed E-state index contributed by atoms with van der Waals surface area (Å²) in [5.41, 5.74) is -1.19. The summed E-state index contributed by atoms with van der Waals surface area (Å²) in [4.78, 5) is 11.2. The number of nitrogens with one attached hydrogen (secondary N) is 1. The molecule has 0 spiro atoms. The second-order valence-corrected chi connectivity index (χ2v) is 3.92. The molecule has 1 heterocycles. The summed E-state index contributed by atoms with van der Waals surface area (Å²) in [7, 11) is 0. The maximum atomic E-state index is 11.2. The van der Waals surface area contributed by atoms with Gasteiger partial charge in [0.05, 0.1) is 6.61 Å². The van der Waals surface area contributed by atoms with Gasteiger partial charge < -0.3 is 15.5 Å². The van der Waals surface area contributed by atoms with Gasteiger partial charge in [-0.1, -0.05) is 0 Å². The summed E-state index contributed by atoms with van der Waals surface area (Å²) < 4.78 is 0. The average molecular weight is 191 g/mol. The highest BCUT2D eigenvalue weighted by Crippen LogP contribution is 2.27. The molecule has 1 saturated heterocycles. The molecule has 0 bridgehead atoms. The Balaban J connectivity index is 2.39. The van der Waals surface area contributed by atoms with Gasteiger partial charge in [-0.3, -0.25) is 4.79 Å². The summed E-state index contributed by atoms with van der Waals surface area (Å²) in [5.74, 6) is 0.925. The van der Waals surface area contributed by atoms with Crippen molar-refractivity contribution in [2.24, 2.45) is 0 Å². The van der Waals surface area contributed by atoms with Gasteiger partial charge in [0.25, 0.3) is 5.91 Å². The van der Waals surface area contributed by atoms with E-state index in [2.05, 4.69) is 5.32 Å². The third-order valence-corrected chi connectivity index (χ3v) is 3.00. The lowest BCUT2D eigenvalue weighted by Crippen LogP contribution is -2.47. The van der Waals surface area contributed by atoms with Crippen LogP contribution >= 0.6 is 11.8 Å². The molecule has 1 fully saturated rings. The summed E-state index contributed by atoms with van der Waals surface area (Å²) in [6.07, 6.45) is 0.509. The van der Waals surface area contributed by atoms with E-state index in [1.165, 1.54) is 0 Å². The lowest BCUT2D eigenvalue weighted by Gasteiger charge is -2.19. The third kappa shape index (κ3) is 2.12. The minimum atomic E-state index is -1.19. The molecule has 1 aliphatic heterocycles. The molecule has 0 aliphatic carbocycles. The minimum Gasteiger partial charge on any atom is -0.395 e. The minimum absolute atomic E-state index is 0.0883. The van der Waals surface area contributed by atoms with Gasteiger partial charge in [0, 0.05) is 12.3 Å². The van der Waals surface area contributed by atoms with Crippen LogP contribution in [0.15, 0.2) is 0 Å². The number of rotatable bonds is 3. The van der Waals surface area contributed by atoms with E-state index in [-0.39, 0.29) is 19.1 Å². The lowest BCUT2D eigenvalue weighted by atomic mass is 10.0. The van der Waals surface area contributed by atoms with Gasteiger partial charge in [0.1, 0.15) is 0 Å². The molecule has 0 aromatic carbocycles. The molecule has 0 aromatic rings. The molecular weight excluding hydrogens is 178 g/mol. The number of thioether (sulfide) groups is 1. The van der Waals surface area contributed by atoms with E-state index >= 15 is 0 Å². The SMILES string of the molecule is O=C(NCCO)C1(O)CCSC1. The first kappa shape index (κ1) is 9.83. The van der Waals surface area contributed by atoms with E-state index in [9.17, 15) is 9.90 Å². The second kappa shape index (κ2) is 4.11. The predicted molar refractivity (Wildman–Crippen MR) is 47.0 cm³/mol. The molecular formula is C7H13NO3S. The molecule has 0 radical (unpaired) electrons. The van der Waals surface area contributed by atoms with Gasteiger partial charge in [-0.25, -0.2) is 0 Å². The van der Waals surface area contributed by atoms with Crippen LogP contribution in [0.4, 0.5) is 0 Å². The van der Waals surface area contributed by atoms with E-state index < -0.39 is 5.60 Å². The van der Waals surface area contributed by atoms with E-state index in [1.54, 1.807) is 11.8 Å². The first-order valence-electron chi connectivity index (χ1n) is 3.88. The smallest absolute Gasteiger partial charge is 0.252 e. The number of aliphatic hydroxyl groups excluding tert-OH is 1. The van der Waals surface area contributed by atoms with Crippen molar-refractivity contribution in [1.82, 2.24) is 5.32 Å². The van der Waals surface area contributed by atoms with Crippen molar-refractivity contribution < 1.29 is 15.0 Å². The highest BCUT2D eigenvalue weighted by Gasteiger charge is 2.38. The van der Waals surface area contributed by atoms with Gasteiger partial charge in [-0.15, -0.1) is 0 Å². The van der Waals surface area contributed by atoms with Crippen molar-refractivity contribution in [3.05, 3.63) is 0 Å². The molecule has 1 rings (SSSR count). The Morgan fingerprint density at radius 2 is 2.42 bits per heavy atom. The van der Waals surface area contributed by atoms with Crippen molar-refractivity contribution in [3.63, 3.8) is 0 Å². The molecule has 1 unspecified atom stereocenters. The van der Waals surface area contributed by atoms with Crippen molar-refractivity contribution in [2.45, 2.75) is 12.0 Å². The Kier molecular flexibility index (Phi) is 3.37. The first-order valence-corrected chi connectivity index (χ1v) is 5.04. The molecule has 3 N–H and O–H groups in total. The van der Waals surface area contributed by atoms with Gasteiger partial charge in [-0.05, 0) is 12.2 Å². The Morgan fingerprint density at radius 3 is 2.92 bits per heavy atom. The van der Waals surface area contributed by atoms with E-state index in [4.69, 9.17) is 5.11 Å². The lowest BCUT2D eigenvalue weighted by molar-refractivity contribution is -0.137. The fourth-order valence-electron chi connectivity index (χ4n) is 1.07. The highest BCUT2D eigenvalue weighted by molar-refractivity contribution is 7.99. The summed E-state index contributed by atoms with van der Waals surface area (Å²) >= 11 is 1.57. The first-order chi connectivity index (χ1) is 5.69. The molecule has 1 aliphatic rings. The van der Waals surface area contributed by atoms with Crippen LogP contribution in [0.2, 0.25) is 0 Å². The number of hydrogen-bond acceptors (Lipinski definition) is 4. The van der Waals surface area contributed by atoms with Crippen LogP contribution in [0, 0.1) is 0 Å². The molecule has 12 heavy (non-hydrogen) atoms. The van der Waals surface area contributed by atoms with Gasteiger partial charge in [0.15, 0.2) is 5.60 Å². The van der Waals surface area contributed by atoms with Crippen LogP contribution < -0.4 is 5.32 Å². The van der Waals surface area contributed by atoms with Crippen LogP contribution in [0.25, 0.3) is 0 Å². The van der Waals surface area contributed by atoms with Gasteiger partial charge in [-0.2, -0.15) is 11.8 Å². The standard InChI is InChI=1S/C7H13NO3S/c9-3-2-8-6(10)7(11)1-4-12-5-7/h9,11H,1-5H2,(H,8,10). The maximum absolute atomic E-state index is 11.2. The zero-order chi connectivity index (χ0) is 9.03. The van der Waals surface area contributed by atoms with Gasteiger partial charge in [0.2, 0.25) is 0 Å². The molecule has 4 nitrogen and oxygen atoms in total. The Morgan fingerprint density at radius 1 is 1.67 bits per heavy atom. The number of amides is 1. The molecule has 0 aromatic heterocycles. The summed E-state index contributed by atoms with van der Waals surface area (Å²) in [6, 6.07) is 0. The second-order valence-electron chi connectivity index (χ2n) is 2.81. The largest absolute Gasteiger partial charge is 0.395 e. The fraction of sp³-hybridized carbons (Fsp3) is 0.857. The van der Waals surface area contributed by atoms with E-state index in [0.717, 1.165) is 5.75 Å². The Bertz CT molecular complexity index is 168. The van der Waals surface area contributed by atoms with Crippen molar-refractivity contribution in [1.29, 1.82) is 0 Å². The molecule has 70 valence electrons. The zero-order valence-corrected chi connectivity index (χ0v) is 7.56. The van der Waals surface area contributed by atoms with E-state index in [1.807, 2.05) is 0 Å². The maximum Gasteiger partial charge on any atom is 0.252 e. The third-order valence-electron chi connectivity index (χ3n) is 1.82. The van der Waals surface area contributed by atoms with Crippen molar-refractivity contribution in [3.8, 4) is 0 Å². The molecule has 0 saturated carbocycles. The quantitative estimate of drug-likeness (QED) is 0.533. The molecule has 5 heteroatoms. The zero-order valence-electron chi connectivity index (χ0n) is 6.75. The Hall–Kier alpha value is -0.260. The number of aliphatic hydroxyl groups is 2. The van der Waals surface area contributed by atoms with Crippen molar-refractivity contribution >= 4 is 17.7 Å². The van der Waals surface area contributed by atoms with Crippen LogP contribution in [-0.2, 0) is 4.79 Å². The Labute approximate surface area is 75.3 Å². The van der Waals surface area contributed by atoms with Crippen LogP contribution in [0.3, 0.4) is 0 Å². The van der Waals surface area contributed by atoms with Gasteiger partial charge >= 0.3 is 0 Å². The van der Waals surface area contributed by atoms with Crippen molar-refractivity contribution in [2.75, 3.05) is 24.7 Å². The normalized spacial score (nSPS) is 28.8. The average Bonchev–Trinajstić information content (AvgIpc) is 2.49. The fourth-order valence-corrected chi connectivity index (χ4v) is 2.31. The monoisotopic (exact) mass is 191 g/mol. The molecule has 1 atom stereocenters. The predicted octanol–water partition coefficient (Wildman–Crippen LogP) is -1.04. The topological polar surface area (TPSA) is 69.6 Å². The number of carbonyl (C=O) groups is 1. The summed E-state index contributed by atoms with van der Waals surface area (Å²) in [5, 5.41) is 20.6. The number of hydrogen-bond donors (Lipinski definition) is 3. The number of carbonyl (C=O) groups excluding carboxylic acids is 1. The van der Waals surface area contributed by atoms with Crippen LogP contribution in [0.1, 0.15) is 6.42 Å². The highest BCUT2D eigenvalue weighted by atomic mass is 32.2. The van der Waals surface area contributed by atoms with E-state index in [0.29, 0.717) is 12.2 Å².